The van der Waals surface area contributed by atoms with Gasteiger partial charge in [-0.3, -0.25) is 4.79 Å². The van der Waals surface area contributed by atoms with Gasteiger partial charge in [-0.05, 0) is 32.6 Å². The van der Waals surface area contributed by atoms with E-state index in [1.165, 1.54) is 11.8 Å². The van der Waals surface area contributed by atoms with Gasteiger partial charge in [0.25, 0.3) is 0 Å². The highest BCUT2D eigenvalue weighted by Gasteiger charge is 2.42. The summed E-state index contributed by atoms with van der Waals surface area (Å²) in [4.78, 5) is 16.1. The van der Waals surface area contributed by atoms with E-state index in [1.807, 2.05) is 12.3 Å². The van der Waals surface area contributed by atoms with Crippen LogP contribution in [0, 0.1) is 24.2 Å². The minimum Gasteiger partial charge on any atom is -0.337 e. The fourth-order valence-corrected chi connectivity index (χ4v) is 3.38. The van der Waals surface area contributed by atoms with Crippen molar-refractivity contribution in [3.63, 3.8) is 0 Å². The second kappa shape index (κ2) is 5.29. The Morgan fingerprint density at radius 2 is 2.50 bits per heavy atom. The molecule has 1 fully saturated rings. The van der Waals surface area contributed by atoms with Crippen LogP contribution < -0.4 is 5.32 Å². The number of hydrogen-bond donors (Lipinski definition) is 1. The van der Waals surface area contributed by atoms with Gasteiger partial charge in [0.2, 0.25) is 5.91 Å². The van der Waals surface area contributed by atoms with Gasteiger partial charge < -0.3 is 5.32 Å². The van der Waals surface area contributed by atoms with E-state index in [0.29, 0.717) is 11.7 Å². The zero-order valence-corrected chi connectivity index (χ0v) is 12.0. The molecule has 0 bridgehead atoms. The Kier molecular flexibility index (Phi) is 3.93. The number of hydrogen-bond acceptors (Lipinski definition) is 5. The SMILES string of the molecule is Cc1csc(SCC(=O)NC(C)(C#N)C2CC2)n1. The average molecular weight is 281 g/mol. The summed E-state index contributed by atoms with van der Waals surface area (Å²) in [7, 11) is 0. The maximum Gasteiger partial charge on any atom is 0.231 e. The maximum absolute atomic E-state index is 11.8. The predicted octanol–water partition coefficient (Wildman–Crippen LogP) is 2.35. The van der Waals surface area contributed by atoms with E-state index in [4.69, 9.17) is 5.26 Å². The summed E-state index contributed by atoms with van der Waals surface area (Å²) in [6.45, 7) is 3.74. The molecular formula is C12H15N3OS2. The van der Waals surface area contributed by atoms with Crippen molar-refractivity contribution in [3.05, 3.63) is 11.1 Å². The number of rotatable bonds is 5. The van der Waals surface area contributed by atoms with Gasteiger partial charge in [-0.25, -0.2) is 4.98 Å². The fourth-order valence-electron chi connectivity index (χ4n) is 1.73. The molecule has 1 saturated carbocycles. The Bertz CT molecular complexity index is 490. The molecule has 1 unspecified atom stereocenters. The number of thiazole rings is 1. The highest BCUT2D eigenvalue weighted by molar-refractivity contribution is 8.01. The number of aromatic nitrogens is 1. The number of carbonyl (C=O) groups excluding carboxylic acids is 1. The van der Waals surface area contributed by atoms with Crippen molar-refractivity contribution in [2.75, 3.05) is 5.75 Å². The number of carbonyl (C=O) groups is 1. The van der Waals surface area contributed by atoms with Crippen LogP contribution in [0.4, 0.5) is 0 Å². The molecule has 1 aromatic rings. The standard InChI is InChI=1S/C12H15N3OS2/c1-8-5-17-11(14-8)18-6-10(16)15-12(2,7-13)9-3-4-9/h5,9H,3-4,6H2,1-2H3,(H,15,16). The molecule has 1 heterocycles. The zero-order chi connectivity index (χ0) is 13.2. The normalized spacial score (nSPS) is 17.8. The summed E-state index contributed by atoms with van der Waals surface area (Å²) in [5, 5.41) is 14.0. The van der Waals surface area contributed by atoms with E-state index in [-0.39, 0.29) is 5.91 Å². The second-order valence-corrected chi connectivity index (χ2v) is 6.76. The fraction of sp³-hybridized carbons (Fsp3) is 0.583. The predicted molar refractivity (Wildman–Crippen MR) is 72.5 cm³/mol. The Balaban J connectivity index is 1.83. The summed E-state index contributed by atoms with van der Waals surface area (Å²) < 4.78 is 0.896. The molecule has 18 heavy (non-hydrogen) atoms. The third kappa shape index (κ3) is 3.24. The number of nitrogens with zero attached hydrogens (tertiary/aromatic N) is 2. The molecule has 96 valence electrons. The first-order chi connectivity index (χ1) is 8.53. The van der Waals surface area contributed by atoms with Crippen LogP contribution in [0.3, 0.4) is 0 Å². The van der Waals surface area contributed by atoms with E-state index < -0.39 is 5.54 Å². The highest BCUT2D eigenvalue weighted by atomic mass is 32.2. The van der Waals surface area contributed by atoms with Crippen LogP contribution >= 0.6 is 23.1 Å². The van der Waals surface area contributed by atoms with Gasteiger partial charge in [0, 0.05) is 11.1 Å². The van der Waals surface area contributed by atoms with Crippen molar-refractivity contribution >= 4 is 29.0 Å². The molecule has 0 aromatic carbocycles. The van der Waals surface area contributed by atoms with Gasteiger partial charge in [0.05, 0.1) is 11.8 Å². The maximum atomic E-state index is 11.8. The Labute approximate surface area is 115 Å². The molecule has 1 N–H and O–H groups in total. The van der Waals surface area contributed by atoms with E-state index in [2.05, 4.69) is 16.4 Å². The van der Waals surface area contributed by atoms with Crippen LogP contribution in [0.15, 0.2) is 9.72 Å². The summed E-state index contributed by atoms with van der Waals surface area (Å²) in [5.74, 6) is 0.541. The van der Waals surface area contributed by atoms with Crippen LogP contribution in [0.25, 0.3) is 0 Å². The number of aryl methyl sites for hydroxylation is 1. The first-order valence-corrected chi connectivity index (χ1v) is 7.67. The van der Waals surface area contributed by atoms with Crippen LogP contribution in [-0.2, 0) is 4.79 Å². The Hall–Kier alpha value is -1.06. The van der Waals surface area contributed by atoms with Crippen LogP contribution in [0.1, 0.15) is 25.5 Å². The van der Waals surface area contributed by atoms with E-state index in [9.17, 15) is 4.79 Å². The van der Waals surface area contributed by atoms with Crippen molar-refractivity contribution in [1.29, 1.82) is 5.26 Å². The summed E-state index contributed by atoms with van der Waals surface area (Å²) in [6, 6.07) is 2.22. The van der Waals surface area contributed by atoms with Crippen molar-refractivity contribution in [3.8, 4) is 6.07 Å². The number of nitriles is 1. The molecule has 0 aliphatic heterocycles. The molecule has 1 aliphatic carbocycles. The first kappa shape index (κ1) is 13.4. The lowest BCUT2D eigenvalue weighted by molar-refractivity contribution is -0.119. The number of nitrogens with one attached hydrogen (secondary N) is 1. The molecule has 0 spiro atoms. The molecule has 6 heteroatoms. The van der Waals surface area contributed by atoms with Gasteiger partial charge in [-0.1, -0.05) is 11.8 Å². The summed E-state index contributed by atoms with van der Waals surface area (Å²) in [6.07, 6.45) is 2.06. The third-order valence-corrected chi connectivity index (χ3v) is 5.09. The third-order valence-electron chi connectivity index (χ3n) is 2.95. The van der Waals surface area contributed by atoms with Gasteiger partial charge in [0.15, 0.2) is 4.34 Å². The number of amides is 1. The molecule has 1 aliphatic rings. The first-order valence-electron chi connectivity index (χ1n) is 5.80. The van der Waals surface area contributed by atoms with E-state index in [0.717, 1.165) is 22.9 Å². The lowest BCUT2D eigenvalue weighted by Crippen LogP contribution is -2.47. The minimum absolute atomic E-state index is 0.0937. The molecule has 1 aromatic heterocycles. The van der Waals surface area contributed by atoms with Crippen LogP contribution in [-0.4, -0.2) is 22.2 Å². The average Bonchev–Trinajstić information content (AvgIpc) is 3.11. The van der Waals surface area contributed by atoms with Crippen molar-refractivity contribution < 1.29 is 4.79 Å². The second-order valence-electron chi connectivity index (χ2n) is 4.68. The largest absolute Gasteiger partial charge is 0.337 e. The Morgan fingerprint density at radius 1 is 1.78 bits per heavy atom. The van der Waals surface area contributed by atoms with E-state index in [1.54, 1.807) is 18.3 Å². The van der Waals surface area contributed by atoms with Crippen molar-refractivity contribution in [2.24, 2.45) is 5.92 Å². The quantitative estimate of drug-likeness (QED) is 0.841. The number of thioether (sulfide) groups is 1. The molecule has 0 saturated heterocycles. The highest BCUT2D eigenvalue weighted by Crippen LogP contribution is 2.39. The van der Waals surface area contributed by atoms with Crippen molar-refractivity contribution in [1.82, 2.24) is 10.3 Å². The topological polar surface area (TPSA) is 65.8 Å². The molecule has 1 amide bonds. The monoisotopic (exact) mass is 281 g/mol. The van der Waals surface area contributed by atoms with E-state index >= 15 is 0 Å². The van der Waals surface area contributed by atoms with Gasteiger partial charge in [0.1, 0.15) is 5.54 Å². The smallest absolute Gasteiger partial charge is 0.231 e. The molecule has 0 radical (unpaired) electrons. The molecule has 4 nitrogen and oxygen atoms in total. The molecule has 1 atom stereocenters. The van der Waals surface area contributed by atoms with Crippen molar-refractivity contribution in [2.45, 2.75) is 36.6 Å². The summed E-state index contributed by atoms with van der Waals surface area (Å²) >= 11 is 2.96. The lowest BCUT2D eigenvalue weighted by Gasteiger charge is -2.22. The van der Waals surface area contributed by atoms with Gasteiger partial charge >= 0.3 is 0 Å². The molecular weight excluding hydrogens is 266 g/mol. The molecule has 2 rings (SSSR count). The lowest BCUT2D eigenvalue weighted by atomic mass is 9.98. The minimum atomic E-state index is -0.698. The van der Waals surface area contributed by atoms with Crippen LogP contribution in [0.2, 0.25) is 0 Å². The Morgan fingerprint density at radius 3 is 3.00 bits per heavy atom. The summed E-state index contributed by atoms with van der Waals surface area (Å²) in [5.41, 5.74) is 0.277. The zero-order valence-electron chi connectivity index (χ0n) is 10.4. The van der Waals surface area contributed by atoms with Gasteiger partial charge in [-0.15, -0.1) is 11.3 Å². The van der Waals surface area contributed by atoms with Gasteiger partial charge in [-0.2, -0.15) is 5.26 Å². The van der Waals surface area contributed by atoms with Crippen LogP contribution in [0.5, 0.6) is 0 Å².